The normalized spacial score (nSPS) is 12.8. The molecule has 10 aromatic rings. The van der Waals surface area contributed by atoms with Gasteiger partial charge in [-0.05, 0) is 97.1 Å². The van der Waals surface area contributed by atoms with Gasteiger partial charge in [0.25, 0.3) is 0 Å². The van der Waals surface area contributed by atoms with Crippen LogP contribution < -0.4 is 10.4 Å². The van der Waals surface area contributed by atoms with Crippen molar-refractivity contribution in [3.63, 3.8) is 0 Å². The van der Waals surface area contributed by atoms with Crippen LogP contribution in [0.25, 0.3) is 55.7 Å². The van der Waals surface area contributed by atoms with Crippen LogP contribution >= 0.6 is 0 Å². The number of benzene rings is 6. The molecule has 0 saturated heterocycles. The summed E-state index contributed by atoms with van der Waals surface area (Å²) in [4.78, 5) is 14.3. The summed E-state index contributed by atoms with van der Waals surface area (Å²) < 4.78 is 5.88. The second-order valence-corrected chi connectivity index (χ2v) is 31.6. The van der Waals surface area contributed by atoms with E-state index in [1.807, 2.05) is 48.8 Å². The van der Waals surface area contributed by atoms with Crippen molar-refractivity contribution in [1.29, 1.82) is 0 Å². The first-order valence-corrected chi connectivity index (χ1v) is 33.0. The number of para-hydroxylation sites is 1. The van der Waals surface area contributed by atoms with Crippen molar-refractivity contribution in [2.24, 2.45) is 17.3 Å². The number of rotatable bonds is 13. The second kappa shape index (κ2) is 26.5. The van der Waals surface area contributed by atoms with E-state index in [-0.39, 0.29) is 36.4 Å². The molecule has 4 aromatic heterocycles. The van der Waals surface area contributed by atoms with Crippen molar-refractivity contribution >= 4 is 50.6 Å². The minimum Gasteiger partial charge on any atom is -0.500 e. The Balaban J connectivity index is 0.000000177. The van der Waals surface area contributed by atoms with E-state index in [9.17, 15) is 0 Å². The van der Waals surface area contributed by atoms with Crippen molar-refractivity contribution in [2.45, 2.75) is 139 Å². The van der Waals surface area contributed by atoms with Gasteiger partial charge in [0.2, 0.25) is 0 Å². The molecule has 0 fully saturated rings. The molecule has 2 atom stereocenters. The first kappa shape index (κ1) is 63.2. The predicted octanol–water partition coefficient (Wildman–Crippen LogP) is 18.6. The zero-order valence-corrected chi connectivity index (χ0v) is 55.7. The van der Waals surface area contributed by atoms with E-state index >= 15 is 0 Å². The van der Waals surface area contributed by atoms with Crippen LogP contribution in [0.3, 0.4) is 0 Å². The van der Waals surface area contributed by atoms with Crippen molar-refractivity contribution in [3.8, 4) is 33.8 Å². The Bertz CT molecular complexity index is 3720. The average Bonchev–Trinajstić information content (AvgIpc) is 3.97. The fourth-order valence-corrected chi connectivity index (χ4v) is 12.8. The minimum absolute atomic E-state index is 0. The van der Waals surface area contributed by atoms with E-state index in [0.29, 0.717) is 23.7 Å². The summed E-state index contributed by atoms with van der Waals surface area (Å²) in [6.07, 6.45) is 7.01. The van der Waals surface area contributed by atoms with Gasteiger partial charge in [-0.2, -0.15) is 0 Å². The third-order valence-electron chi connectivity index (χ3n) is 16.4. The molecule has 4 nitrogen and oxygen atoms in total. The molecule has 0 spiro atoms. The van der Waals surface area contributed by atoms with E-state index < -0.39 is 8.07 Å². The van der Waals surface area contributed by atoms with Gasteiger partial charge in [0.15, 0.2) is 0 Å². The molecule has 0 N–H and O–H groups in total. The molecule has 10 rings (SSSR count). The van der Waals surface area contributed by atoms with Gasteiger partial charge in [-0.1, -0.05) is 229 Å². The van der Waals surface area contributed by atoms with Crippen LogP contribution in [0.5, 0.6) is 0 Å². The van der Waals surface area contributed by atoms with Crippen LogP contribution in [0, 0.1) is 35.4 Å². The molecule has 0 aliphatic heterocycles. The number of hydrogen-bond acceptors (Lipinski definition) is 4. The molecule has 0 saturated carbocycles. The molecular weight excluding hydrogens is 1210 g/mol. The van der Waals surface area contributed by atoms with Crippen LogP contribution in [0.4, 0.5) is 0 Å². The van der Waals surface area contributed by atoms with Crippen molar-refractivity contribution in [1.82, 2.24) is 15.0 Å². The van der Waals surface area contributed by atoms with Crippen LogP contribution in [0.2, 0.25) is 19.6 Å². The largest absolute Gasteiger partial charge is 3.00 e. The number of aromatic nitrogens is 3. The fraction of sp³-hybridized carbons (Fsp3) is 0.320. The van der Waals surface area contributed by atoms with Gasteiger partial charge in [-0.3, -0.25) is 0 Å². The SMILES string of the molecule is CC(C)(C)Cc1ccnc(-c2[c-]cc3oc4ccccc4c3c2)c1.CC(C)C(C)c1cc(-c2[c-]cccc2C(C)(C)c2ccccc2)ncc1[Si].CC(C)C(C)c1cc(-c2[c-]cccc2C(C)(C)c2ccccc2)ncc1[Si](C)(C)C.[Ir+3]. The molecule has 3 radical (unpaired) electrons. The van der Waals surface area contributed by atoms with Crippen molar-refractivity contribution in [3.05, 3.63) is 233 Å². The van der Waals surface area contributed by atoms with Gasteiger partial charge in [0, 0.05) is 24.0 Å². The minimum atomic E-state index is -1.49. The molecule has 0 aliphatic rings. The summed E-state index contributed by atoms with van der Waals surface area (Å²) >= 11 is 0. The summed E-state index contributed by atoms with van der Waals surface area (Å²) in [5, 5.41) is 4.79. The standard InChI is InChI=1S/C28H36NSi.C25H27NSi.C22H20NO.Ir/c1-20(2)21(3)24-18-26(29-19-27(24)30(6,7)8)23-16-12-13-17-25(23)28(4,5)22-14-10-9-11-15-22;1-17(2)18(3)21-15-23(26-16-24(21)27)20-13-9-10-14-22(20)25(4,5)19-11-7-6-8-12-19;1-22(2,3)14-15-10-11-23-19(12-15)16-8-9-21-18(13-16)17-6-4-5-7-20(17)24-21;/h9-15,17-21H,1-8H3;6-12,14-18H,1-5H3;4-7,9-13H,14H2,1-3H3;/q3*-1;+3. The van der Waals surface area contributed by atoms with E-state index in [2.05, 4.69) is 271 Å². The number of hydrogen-bond donors (Lipinski definition) is 0. The topological polar surface area (TPSA) is 51.8 Å². The first-order valence-electron chi connectivity index (χ1n) is 29.0. The van der Waals surface area contributed by atoms with Gasteiger partial charge in [0.05, 0.1) is 23.9 Å². The maximum Gasteiger partial charge on any atom is 3.00 e. The monoisotopic (exact) mass is 1290 g/mol. The number of furan rings is 1. The zero-order chi connectivity index (χ0) is 58.4. The summed E-state index contributed by atoms with van der Waals surface area (Å²) in [5.41, 5.74) is 17.1. The molecule has 4 heterocycles. The van der Waals surface area contributed by atoms with Crippen LogP contribution in [0.1, 0.15) is 141 Å². The third-order valence-corrected chi connectivity index (χ3v) is 18.8. The summed E-state index contributed by atoms with van der Waals surface area (Å²) in [6, 6.07) is 65.3. The number of fused-ring (bicyclic) bond motifs is 3. The molecule has 0 amide bonds. The van der Waals surface area contributed by atoms with Gasteiger partial charge in [-0.15, -0.1) is 94.5 Å². The van der Waals surface area contributed by atoms with Crippen molar-refractivity contribution in [2.75, 3.05) is 0 Å². The van der Waals surface area contributed by atoms with Gasteiger partial charge in [-0.25, -0.2) is 0 Å². The van der Waals surface area contributed by atoms with E-state index in [0.717, 1.165) is 67.3 Å². The third kappa shape index (κ3) is 14.7. The number of nitrogens with zero attached hydrogens (tertiary/aromatic N) is 3. The molecule has 2 unspecified atom stereocenters. The Hall–Kier alpha value is -6.35. The Kier molecular flexibility index (Phi) is 20.4. The van der Waals surface area contributed by atoms with Crippen LogP contribution in [-0.4, -0.2) is 33.3 Å². The van der Waals surface area contributed by atoms with Gasteiger partial charge < -0.3 is 19.4 Å². The Morgan fingerprint density at radius 2 is 1.04 bits per heavy atom. The first-order chi connectivity index (χ1) is 38.3. The van der Waals surface area contributed by atoms with Crippen LogP contribution in [-0.2, 0) is 37.4 Å². The molecule has 421 valence electrons. The van der Waals surface area contributed by atoms with E-state index in [1.54, 1.807) is 0 Å². The second-order valence-electron chi connectivity index (χ2n) is 26.0. The van der Waals surface area contributed by atoms with E-state index in [4.69, 9.17) is 14.4 Å². The van der Waals surface area contributed by atoms with Gasteiger partial charge in [0.1, 0.15) is 5.58 Å². The maximum absolute atomic E-state index is 5.88. The summed E-state index contributed by atoms with van der Waals surface area (Å²) in [5.74, 6) is 2.11. The quantitative estimate of drug-likeness (QED) is 0.0853. The molecule has 0 bridgehead atoms. The average molecular weight is 1290 g/mol. The molecular formula is C75H83IrN3OSi2. The Morgan fingerprint density at radius 3 is 1.57 bits per heavy atom. The van der Waals surface area contributed by atoms with Gasteiger partial charge >= 0.3 is 20.1 Å². The summed E-state index contributed by atoms with van der Waals surface area (Å²) in [6.45, 7) is 36.9. The smallest absolute Gasteiger partial charge is 0.500 e. The zero-order valence-electron chi connectivity index (χ0n) is 51.3. The predicted molar refractivity (Wildman–Crippen MR) is 348 cm³/mol. The molecule has 0 aliphatic carbocycles. The Morgan fingerprint density at radius 1 is 0.524 bits per heavy atom. The fourth-order valence-electron chi connectivity index (χ4n) is 10.8. The molecule has 6 aromatic carbocycles. The maximum atomic E-state index is 5.88. The summed E-state index contributed by atoms with van der Waals surface area (Å²) in [7, 11) is 2.26. The Labute approximate surface area is 509 Å². The van der Waals surface area contributed by atoms with Crippen LogP contribution in [0.15, 0.2) is 181 Å². The molecule has 7 heteroatoms. The van der Waals surface area contributed by atoms with Crippen molar-refractivity contribution < 1.29 is 24.5 Å². The molecule has 82 heavy (non-hydrogen) atoms. The number of pyridine rings is 3. The van der Waals surface area contributed by atoms with E-state index in [1.165, 1.54) is 44.1 Å².